The van der Waals surface area contributed by atoms with Gasteiger partial charge in [0.15, 0.2) is 4.34 Å². The van der Waals surface area contributed by atoms with Gasteiger partial charge in [0.1, 0.15) is 21.9 Å². The normalized spacial score (nSPS) is 11.5. The Kier molecular flexibility index (Phi) is 8.33. The third kappa shape index (κ3) is 6.80. The highest BCUT2D eigenvalue weighted by molar-refractivity contribution is 8.03. The van der Waals surface area contributed by atoms with Crippen LogP contribution in [0.4, 0.5) is 4.39 Å². The van der Waals surface area contributed by atoms with Crippen LogP contribution in [0.15, 0.2) is 52.2 Å². The average Bonchev–Trinajstić information content (AvgIpc) is 3.20. The zero-order chi connectivity index (χ0) is 24.9. The molecule has 0 atom stereocenters. The lowest BCUT2D eigenvalue weighted by Gasteiger charge is -2.22. The first-order valence-electron chi connectivity index (χ1n) is 10.7. The second-order valence-electron chi connectivity index (χ2n) is 8.29. The second-order valence-corrected chi connectivity index (χ2v) is 11.0. The molecule has 3 rings (SSSR count). The molecule has 2 aromatic carbocycles. The molecule has 0 saturated heterocycles. The SMILES string of the molecule is CC(C)OC(=O)C(C)(C)Sc1nc(CCOc2ccc(-c3ccc(F)cc3)cc2C(=O)O)cs1. The van der Waals surface area contributed by atoms with E-state index in [1.54, 1.807) is 38.1 Å². The number of thioether (sulfide) groups is 1. The molecule has 1 aromatic heterocycles. The van der Waals surface area contributed by atoms with Crippen molar-refractivity contribution in [3.8, 4) is 16.9 Å². The van der Waals surface area contributed by atoms with Crippen molar-refractivity contribution < 1.29 is 28.6 Å². The number of halogens is 1. The summed E-state index contributed by atoms with van der Waals surface area (Å²) in [5.74, 6) is -1.51. The number of esters is 1. The van der Waals surface area contributed by atoms with E-state index in [1.807, 2.05) is 19.2 Å². The van der Waals surface area contributed by atoms with Gasteiger partial charge >= 0.3 is 11.9 Å². The molecule has 1 heterocycles. The van der Waals surface area contributed by atoms with E-state index in [9.17, 15) is 19.1 Å². The summed E-state index contributed by atoms with van der Waals surface area (Å²) in [6.07, 6.45) is 0.295. The van der Waals surface area contributed by atoms with Crippen molar-refractivity contribution in [3.63, 3.8) is 0 Å². The maximum atomic E-state index is 13.2. The van der Waals surface area contributed by atoms with Crippen molar-refractivity contribution >= 4 is 35.0 Å². The molecule has 34 heavy (non-hydrogen) atoms. The van der Waals surface area contributed by atoms with E-state index in [0.717, 1.165) is 10.0 Å². The molecule has 0 saturated carbocycles. The Bertz CT molecular complexity index is 1160. The number of carbonyl (C=O) groups excluding carboxylic acids is 1. The number of benzene rings is 2. The molecule has 3 aromatic rings. The molecule has 9 heteroatoms. The summed E-state index contributed by atoms with van der Waals surface area (Å²) in [5, 5.41) is 11.5. The first-order valence-corrected chi connectivity index (χ1v) is 12.4. The summed E-state index contributed by atoms with van der Waals surface area (Å²) < 4.78 is 24.2. The largest absolute Gasteiger partial charge is 0.492 e. The van der Waals surface area contributed by atoms with Crippen LogP contribution in [0.3, 0.4) is 0 Å². The van der Waals surface area contributed by atoms with Crippen LogP contribution in [0.5, 0.6) is 5.75 Å². The molecule has 0 fully saturated rings. The number of hydrogen-bond donors (Lipinski definition) is 1. The van der Waals surface area contributed by atoms with Gasteiger partial charge < -0.3 is 14.6 Å². The Morgan fingerprint density at radius 2 is 1.82 bits per heavy atom. The van der Waals surface area contributed by atoms with Crippen LogP contribution in [0.2, 0.25) is 0 Å². The van der Waals surface area contributed by atoms with Gasteiger partial charge in [0.2, 0.25) is 0 Å². The Labute approximate surface area is 206 Å². The molecule has 0 bridgehead atoms. The van der Waals surface area contributed by atoms with E-state index in [0.29, 0.717) is 17.5 Å². The number of thiazole rings is 1. The van der Waals surface area contributed by atoms with Gasteiger partial charge in [0, 0.05) is 11.8 Å². The van der Waals surface area contributed by atoms with Gasteiger partial charge in [-0.3, -0.25) is 4.79 Å². The predicted octanol–water partition coefficient (Wildman–Crippen LogP) is 6.09. The lowest BCUT2D eigenvalue weighted by atomic mass is 10.0. The van der Waals surface area contributed by atoms with E-state index < -0.39 is 10.7 Å². The molecule has 0 spiro atoms. The predicted molar refractivity (Wildman–Crippen MR) is 131 cm³/mol. The van der Waals surface area contributed by atoms with Gasteiger partial charge in [-0.1, -0.05) is 30.0 Å². The summed E-state index contributed by atoms with van der Waals surface area (Å²) >= 11 is 2.78. The molecule has 1 N–H and O–H groups in total. The van der Waals surface area contributed by atoms with E-state index in [2.05, 4.69) is 4.98 Å². The third-order valence-electron chi connectivity index (χ3n) is 4.71. The number of carboxylic acids is 1. The number of hydrogen-bond acceptors (Lipinski definition) is 7. The Hall–Kier alpha value is -2.91. The fraction of sp³-hybridized carbons (Fsp3) is 0.320. The standard InChI is InChI=1S/C25H26FNO5S2/c1-15(2)32-23(30)25(3,4)34-24-27-19(14-33-24)11-12-31-21-10-7-17(13-20(21)22(28)29)16-5-8-18(26)9-6-16/h5-10,13-15H,11-12H2,1-4H3,(H,28,29). The zero-order valence-electron chi connectivity index (χ0n) is 19.3. The highest BCUT2D eigenvalue weighted by atomic mass is 32.2. The van der Waals surface area contributed by atoms with E-state index in [1.165, 1.54) is 41.3 Å². The summed E-state index contributed by atoms with van der Waals surface area (Å²) in [5.41, 5.74) is 2.19. The van der Waals surface area contributed by atoms with Crippen LogP contribution in [-0.4, -0.2) is 39.5 Å². The average molecular weight is 504 g/mol. The Morgan fingerprint density at radius 1 is 1.15 bits per heavy atom. The van der Waals surface area contributed by atoms with Gasteiger partial charge in [-0.15, -0.1) is 11.3 Å². The lowest BCUT2D eigenvalue weighted by molar-refractivity contribution is -0.149. The minimum atomic E-state index is -1.11. The van der Waals surface area contributed by atoms with Crippen molar-refractivity contribution in [2.24, 2.45) is 0 Å². The van der Waals surface area contributed by atoms with Gasteiger partial charge in [0.05, 0.1) is 18.4 Å². The monoisotopic (exact) mass is 503 g/mol. The Morgan fingerprint density at radius 3 is 2.47 bits per heavy atom. The molecule has 0 aliphatic carbocycles. The topological polar surface area (TPSA) is 85.7 Å². The number of rotatable bonds is 10. The highest BCUT2D eigenvalue weighted by Gasteiger charge is 2.32. The fourth-order valence-electron chi connectivity index (χ4n) is 2.98. The van der Waals surface area contributed by atoms with Crippen molar-refractivity contribution in [3.05, 3.63) is 64.9 Å². The zero-order valence-corrected chi connectivity index (χ0v) is 21.0. The summed E-state index contributed by atoms with van der Waals surface area (Å²) in [4.78, 5) is 28.6. The molecule has 0 aliphatic rings. The van der Waals surface area contributed by atoms with Crippen LogP contribution >= 0.6 is 23.1 Å². The minimum absolute atomic E-state index is 0.0294. The molecular weight excluding hydrogens is 477 g/mol. The van der Waals surface area contributed by atoms with Crippen LogP contribution in [0.1, 0.15) is 43.7 Å². The molecule has 0 amide bonds. The number of aromatic carboxylic acids is 1. The van der Waals surface area contributed by atoms with Crippen LogP contribution in [0, 0.1) is 5.82 Å². The van der Waals surface area contributed by atoms with Gasteiger partial charge in [-0.05, 0) is 63.1 Å². The quantitative estimate of drug-likeness (QED) is 0.265. The van der Waals surface area contributed by atoms with Crippen molar-refractivity contribution in [2.45, 2.75) is 49.3 Å². The molecule has 6 nitrogen and oxygen atoms in total. The van der Waals surface area contributed by atoms with Crippen LogP contribution in [-0.2, 0) is 16.0 Å². The smallest absolute Gasteiger partial charge is 0.339 e. The maximum Gasteiger partial charge on any atom is 0.339 e. The minimum Gasteiger partial charge on any atom is -0.492 e. The number of aromatic nitrogens is 1. The first-order chi connectivity index (χ1) is 16.0. The fourth-order valence-corrected chi connectivity index (χ4v) is 5.25. The number of nitrogens with zero attached hydrogens (tertiary/aromatic N) is 1. The summed E-state index contributed by atoms with van der Waals surface area (Å²) in [6, 6.07) is 10.7. The number of ether oxygens (including phenoxy) is 2. The molecule has 0 radical (unpaired) electrons. The second kappa shape index (κ2) is 11.0. The molecule has 180 valence electrons. The van der Waals surface area contributed by atoms with E-state index in [4.69, 9.17) is 9.47 Å². The van der Waals surface area contributed by atoms with Crippen molar-refractivity contribution in [1.82, 2.24) is 4.98 Å². The summed E-state index contributed by atoms with van der Waals surface area (Å²) in [6.45, 7) is 7.46. The van der Waals surface area contributed by atoms with Gasteiger partial charge in [-0.25, -0.2) is 14.2 Å². The highest BCUT2D eigenvalue weighted by Crippen LogP contribution is 2.36. The van der Waals surface area contributed by atoms with Gasteiger partial charge in [-0.2, -0.15) is 0 Å². The third-order valence-corrected chi connectivity index (χ3v) is 6.88. The summed E-state index contributed by atoms with van der Waals surface area (Å²) in [7, 11) is 0. The molecular formula is C25H26FNO5S2. The van der Waals surface area contributed by atoms with E-state index in [-0.39, 0.29) is 35.8 Å². The maximum absolute atomic E-state index is 13.2. The van der Waals surface area contributed by atoms with Gasteiger partial charge in [0.25, 0.3) is 0 Å². The number of carboxylic acid groups (broad SMARTS) is 1. The van der Waals surface area contributed by atoms with Crippen molar-refractivity contribution in [2.75, 3.05) is 6.61 Å². The lowest BCUT2D eigenvalue weighted by Crippen LogP contribution is -2.31. The van der Waals surface area contributed by atoms with Crippen LogP contribution in [0.25, 0.3) is 11.1 Å². The number of carbonyl (C=O) groups is 2. The van der Waals surface area contributed by atoms with Crippen LogP contribution < -0.4 is 4.74 Å². The Balaban J connectivity index is 1.62. The molecule has 0 unspecified atom stereocenters. The molecule has 0 aliphatic heterocycles. The first kappa shape index (κ1) is 25.7. The van der Waals surface area contributed by atoms with E-state index >= 15 is 0 Å². The van der Waals surface area contributed by atoms with Crippen molar-refractivity contribution in [1.29, 1.82) is 0 Å².